The number of aryl methyl sites for hydroxylation is 3. The molecule has 2 atom stereocenters. The number of carbonyl (C=O) groups is 3. The lowest BCUT2D eigenvalue weighted by Gasteiger charge is -2.34. The maximum absolute atomic E-state index is 13.8. The predicted octanol–water partition coefficient (Wildman–Crippen LogP) is 5.13. The fraction of sp³-hybridized carbons (Fsp3) is 0.393. The second kappa shape index (κ2) is 12.6. The van der Waals surface area contributed by atoms with Crippen LogP contribution in [0.25, 0.3) is 0 Å². The van der Waals surface area contributed by atoms with Gasteiger partial charge in [-0.3, -0.25) is 9.59 Å². The van der Waals surface area contributed by atoms with Crippen LogP contribution in [0.15, 0.2) is 55.1 Å². The van der Waals surface area contributed by atoms with Gasteiger partial charge in [0.25, 0.3) is 5.91 Å². The number of nitrogens with one attached hydrogen (secondary N) is 2. The zero-order valence-corrected chi connectivity index (χ0v) is 22.8. The molecule has 0 saturated heterocycles. The summed E-state index contributed by atoms with van der Waals surface area (Å²) in [5.74, 6) is -0.827. The molecule has 36 heavy (non-hydrogen) atoms. The first-order valence-corrected chi connectivity index (χ1v) is 12.5. The van der Waals surface area contributed by atoms with Gasteiger partial charge in [-0.2, -0.15) is 12.6 Å². The Labute approximate surface area is 219 Å². The molecule has 0 fully saturated rings. The third-order valence-corrected chi connectivity index (χ3v) is 5.83. The molecule has 0 saturated carbocycles. The maximum Gasteiger partial charge on any atom is 0.408 e. The summed E-state index contributed by atoms with van der Waals surface area (Å²) >= 11 is 4.29. The summed E-state index contributed by atoms with van der Waals surface area (Å²) in [6, 6.07) is 11.2. The van der Waals surface area contributed by atoms with E-state index in [2.05, 4.69) is 29.8 Å². The van der Waals surface area contributed by atoms with E-state index in [1.807, 2.05) is 63.2 Å². The number of thiol groups is 1. The molecule has 0 bridgehead atoms. The number of anilines is 1. The molecule has 2 N–H and O–H groups in total. The highest BCUT2D eigenvalue weighted by atomic mass is 32.1. The van der Waals surface area contributed by atoms with Crippen molar-refractivity contribution in [3.63, 3.8) is 0 Å². The minimum Gasteiger partial charge on any atom is -0.444 e. The number of para-hydroxylation sites is 1. The van der Waals surface area contributed by atoms with Crippen LogP contribution in [0.1, 0.15) is 49.1 Å². The molecule has 0 heterocycles. The first kappa shape index (κ1) is 29.0. The third kappa shape index (κ3) is 7.88. The van der Waals surface area contributed by atoms with Gasteiger partial charge in [0, 0.05) is 18.0 Å². The predicted molar refractivity (Wildman–Crippen MR) is 147 cm³/mol. The summed E-state index contributed by atoms with van der Waals surface area (Å²) in [6.45, 7) is 14.9. The third-order valence-electron chi connectivity index (χ3n) is 5.46. The molecule has 7 nitrogen and oxygen atoms in total. The summed E-state index contributed by atoms with van der Waals surface area (Å²) < 4.78 is 5.32. The fourth-order valence-electron chi connectivity index (χ4n) is 3.79. The Hall–Kier alpha value is -3.26. The highest BCUT2D eigenvalue weighted by molar-refractivity contribution is 7.80. The van der Waals surface area contributed by atoms with Crippen LogP contribution in [0.4, 0.5) is 10.5 Å². The highest BCUT2D eigenvalue weighted by Gasteiger charge is 2.36. The SMILES string of the molecule is C=CCN(C(=O)C(CS)NC(=O)OC(C)(C)C)C(C(=O)Nc1ccccc1C)c1ccc(C)cc1C. The maximum atomic E-state index is 13.8. The van der Waals surface area contributed by atoms with Crippen LogP contribution in [-0.2, 0) is 14.3 Å². The molecule has 0 aliphatic carbocycles. The van der Waals surface area contributed by atoms with E-state index in [1.165, 1.54) is 4.90 Å². The van der Waals surface area contributed by atoms with Crippen molar-refractivity contribution >= 4 is 36.2 Å². The molecule has 0 aliphatic rings. The quantitative estimate of drug-likeness (QED) is 0.322. The molecule has 2 rings (SSSR count). The van der Waals surface area contributed by atoms with Gasteiger partial charge in [0.1, 0.15) is 17.7 Å². The van der Waals surface area contributed by atoms with E-state index in [0.717, 1.165) is 16.7 Å². The van der Waals surface area contributed by atoms with Crippen molar-refractivity contribution in [2.75, 3.05) is 17.6 Å². The standard InChI is InChI=1S/C28H37N3O4S/c1-8-15-31(26(33)23(17-36)30-27(34)35-28(5,6)7)24(21-14-13-18(2)16-20(21)4)25(32)29-22-12-10-9-11-19(22)3/h8-14,16,23-24,36H,1,15,17H2,2-7H3,(H,29,32)(H,30,34). The molecule has 194 valence electrons. The number of alkyl carbamates (subject to hydrolysis) is 1. The van der Waals surface area contributed by atoms with Crippen molar-refractivity contribution in [2.24, 2.45) is 0 Å². The molecular weight excluding hydrogens is 474 g/mol. The molecule has 3 amide bonds. The van der Waals surface area contributed by atoms with Crippen LogP contribution in [0.5, 0.6) is 0 Å². The largest absolute Gasteiger partial charge is 0.444 e. The first-order chi connectivity index (χ1) is 16.9. The van der Waals surface area contributed by atoms with Crippen LogP contribution < -0.4 is 10.6 Å². The van der Waals surface area contributed by atoms with Crippen molar-refractivity contribution in [1.29, 1.82) is 0 Å². The molecule has 0 spiro atoms. The minimum absolute atomic E-state index is 0.0186. The Kier molecular flexibility index (Phi) is 10.2. The number of nitrogens with zero attached hydrogens (tertiary/aromatic N) is 1. The summed E-state index contributed by atoms with van der Waals surface area (Å²) in [5.41, 5.74) is 3.40. The van der Waals surface area contributed by atoms with Crippen LogP contribution in [-0.4, -0.2) is 46.7 Å². The zero-order valence-electron chi connectivity index (χ0n) is 21.9. The molecule has 2 unspecified atom stereocenters. The van der Waals surface area contributed by atoms with E-state index < -0.39 is 29.7 Å². The summed E-state index contributed by atoms with van der Waals surface area (Å²) in [7, 11) is 0. The second-order valence-electron chi connectivity index (χ2n) is 9.73. The molecule has 2 aromatic rings. The van der Waals surface area contributed by atoms with Crippen molar-refractivity contribution in [2.45, 2.75) is 59.2 Å². The lowest BCUT2D eigenvalue weighted by molar-refractivity contribution is -0.139. The highest BCUT2D eigenvalue weighted by Crippen LogP contribution is 2.28. The van der Waals surface area contributed by atoms with E-state index in [4.69, 9.17) is 4.74 Å². The van der Waals surface area contributed by atoms with Gasteiger partial charge in [-0.1, -0.05) is 48.0 Å². The monoisotopic (exact) mass is 511 g/mol. The molecule has 0 radical (unpaired) electrons. The smallest absolute Gasteiger partial charge is 0.408 e. The van der Waals surface area contributed by atoms with Crippen molar-refractivity contribution in [3.05, 3.63) is 77.4 Å². The van der Waals surface area contributed by atoms with Gasteiger partial charge in [-0.05, 0) is 64.3 Å². The topological polar surface area (TPSA) is 87.7 Å². The van der Waals surface area contributed by atoms with Crippen molar-refractivity contribution in [3.8, 4) is 0 Å². The van der Waals surface area contributed by atoms with E-state index in [1.54, 1.807) is 26.8 Å². The number of ether oxygens (including phenoxy) is 1. The molecule has 0 aromatic heterocycles. The van der Waals surface area contributed by atoms with E-state index in [-0.39, 0.29) is 18.2 Å². The van der Waals surface area contributed by atoms with Gasteiger partial charge in [-0.25, -0.2) is 4.79 Å². The van der Waals surface area contributed by atoms with Crippen LogP contribution >= 0.6 is 12.6 Å². The Bertz CT molecular complexity index is 1110. The zero-order chi connectivity index (χ0) is 27.0. The normalized spacial score (nSPS) is 12.8. The van der Waals surface area contributed by atoms with Gasteiger partial charge in [0.15, 0.2) is 0 Å². The van der Waals surface area contributed by atoms with E-state index in [0.29, 0.717) is 11.3 Å². The second-order valence-corrected chi connectivity index (χ2v) is 10.1. The number of hydrogen-bond acceptors (Lipinski definition) is 5. The lowest BCUT2D eigenvalue weighted by atomic mass is 9.96. The van der Waals surface area contributed by atoms with Gasteiger partial charge in [0.05, 0.1) is 0 Å². The average Bonchev–Trinajstić information content (AvgIpc) is 2.78. The summed E-state index contributed by atoms with van der Waals surface area (Å²) in [6.07, 6.45) is 0.819. The van der Waals surface area contributed by atoms with E-state index in [9.17, 15) is 14.4 Å². The number of carbonyl (C=O) groups excluding carboxylic acids is 3. The number of amides is 3. The Morgan fingerprint density at radius 2 is 1.75 bits per heavy atom. The van der Waals surface area contributed by atoms with E-state index >= 15 is 0 Å². The molecule has 0 aliphatic heterocycles. The van der Waals surface area contributed by atoms with Gasteiger partial charge in [-0.15, -0.1) is 6.58 Å². The number of benzene rings is 2. The van der Waals surface area contributed by atoms with Crippen molar-refractivity contribution in [1.82, 2.24) is 10.2 Å². The summed E-state index contributed by atoms with van der Waals surface area (Å²) in [4.78, 5) is 41.4. The minimum atomic E-state index is -1.01. The Morgan fingerprint density at radius 1 is 1.08 bits per heavy atom. The number of hydrogen-bond donors (Lipinski definition) is 3. The average molecular weight is 512 g/mol. The Morgan fingerprint density at radius 3 is 2.31 bits per heavy atom. The Balaban J connectivity index is 2.50. The molecule has 8 heteroatoms. The van der Waals surface area contributed by atoms with Crippen LogP contribution in [0.2, 0.25) is 0 Å². The fourth-order valence-corrected chi connectivity index (χ4v) is 4.04. The van der Waals surface area contributed by atoms with Gasteiger partial charge >= 0.3 is 6.09 Å². The van der Waals surface area contributed by atoms with Crippen LogP contribution in [0, 0.1) is 20.8 Å². The van der Waals surface area contributed by atoms with Gasteiger partial charge < -0.3 is 20.3 Å². The summed E-state index contributed by atoms with van der Waals surface area (Å²) in [5, 5.41) is 5.57. The first-order valence-electron chi connectivity index (χ1n) is 11.8. The van der Waals surface area contributed by atoms with Gasteiger partial charge in [0.2, 0.25) is 5.91 Å². The number of rotatable bonds is 9. The van der Waals surface area contributed by atoms with Crippen molar-refractivity contribution < 1.29 is 19.1 Å². The molecular formula is C28H37N3O4S. The lowest BCUT2D eigenvalue weighted by Crippen LogP contribution is -2.53. The van der Waals surface area contributed by atoms with Crippen LogP contribution in [0.3, 0.4) is 0 Å². The molecule has 2 aromatic carbocycles.